The molecule has 3 aromatic rings. The van der Waals surface area contributed by atoms with Gasteiger partial charge in [-0.25, -0.2) is 9.97 Å². The third-order valence-corrected chi connectivity index (χ3v) is 10.1. The SMILES string of the molecule is CCC1=C(C)c2cc3nc(cc4[nH]c(cc5[nH]c(cc1n2)c(C)c5CC)c(C)c4CCCCC(=O)OC)C(CCCCC(=O)OC)=C3C. The second kappa shape index (κ2) is 15.2. The van der Waals surface area contributed by atoms with E-state index in [-0.39, 0.29) is 11.9 Å². The number of nitrogens with one attached hydrogen (secondary N) is 2. The molecule has 5 heterocycles. The third-order valence-electron chi connectivity index (χ3n) is 10.1. The number of ether oxygens (including phenoxy) is 2. The summed E-state index contributed by atoms with van der Waals surface area (Å²) in [6.45, 7) is 13.1. The molecular formula is C40H50N4O4. The van der Waals surface area contributed by atoms with Gasteiger partial charge in [0.1, 0.15) is 0 Å². The van der Waals surface area contributed by atoms with Crippen LogP contribution in [0.25, 0.3) is 44.4 Å². The molecule has 2 aliphatic heterocycles. The van der Waals surface area contributed by atoms with E-state index in [1.165, 1.54) is 53.2 Å². The van der Waals surface area contributed by atoms with E-state index in [4.69, 9.17) is 19.4 Å². The fourth-order valence-electron chi connectivity index (χ4n) is 7.10. The Morgan fingerprint density at radius 1 is 0.583 bits per heavy atom. The maximum atomic E-state index is 11.8. The molecule has 2 aliphatic rings. The van der Waals surface area contributed by atoms with Gasteiger partial charge in [-0.1, -0.05) is 13.8 Å². The Kier molecular flexibility index (Phi) is 11.0. The van der Waals surface area contributed by atoms with Crippen molar-refractivity contribution in [1.82, 2.24) is 19.9 Å². The average Bonchev–Trinajstić information content (AvgIpc) is 3.74. The van der Waals surface area contributed by atoms with Gasteiger partial charge in [-0.3, -0.25) is 9.59 Å². The van der Waals surface area contributed by atoms with Crippen LogP contribution >= 0.6 is 0 Å². The molecule has 8 nitrogen and oxygen atoms in total. The van der Waals surface area contributed by atoms with Gasteiger partial charge in [-0.2, -0.15) is 0 Å². The van der Waals surface area contributed by atoms with E-state index in [9.17, 15) is 9.59 Å². The normalized spacial score (nSPS) is 13.0. The second-order valence-corrected chi connectivity index (χ2v) is 12.9. The van der Waals surface area contributed by atoms with Crippen molar-refractivity contribution < 1.29 is 19.1 Å². The van der Waals surface area contributed by atoms with E-state index in [1.54, 1.807) is 0 Å². The lowest BCUT2D eigenvalue weighted by molar-refractivity contribution is -0.141. The number of allylic oxidation sites excluding steroid dienone is 4. The lowest BCUT2D eigenvalue weighted by Crippen LogP contribution is -2.00. The number of H-pyrrole nitrogens is 2. The number of fused-ring (bicyclic) bond motifs is 8. The summed E-state index contributed by atoms with van der Waals surface area (Å²) in [5.41, 5.74) is 17.8. The molecule has 8 heteroatoms. The molecule has 0 amide bonds. The lowest BCUT2D eigenvalue weighted by atomic mass is 9.98. The topological polar surface area (TPSA) is 110 Å². The van der Waals surface area contributed by atoms with Crippen molar-refractivity contribution in [3.63, 3.8) is 0 Å². The molecule has 0 radical (unpaired) electrons. The molecule has 5 rings (SSSR count). The van der Waals surface area contributed by atoms with Crippen LogP contribution in [0.15, 0.2) is 24.3 Å². The first-order chi connectivity index (χ1) is 23.1. The summed E-state index contributed by atoms with van der Waals surface area (Å²) >= 11 is 0. The van der Waals surface area contributed by atoms with Crippen LogP contribution in [0.5, 0.6) is 0 Å². The molecule has 8 bridgehead atoms. The summed E-state index contributed by atoms with van der Waals surface area (Å²) in [6.07, 6.45) is 7.48. The third kappa shape index (κ3) is 7.18. The molecule has 0 aromatic carbocycles. The van der Waals surface area contributed by atoms with E-state index in [0.29, 0.717) is 12.8 Å². The van der Waals surface area contributed by atoms with Crippen molar-refractivity contribution in [2.45, 2.75) is 106 Å². The van der Waals surface area contributed by atoms with Crippen molar-refractivity contribution >= 4 is 56.3 Å². The number of carbonyl (C=O) groups excluding carboxylic acids is 2. The first-order valence-corrected chi connectivity index (χ1v) is 17.4. The largest absolute Gasteiger partial charge is 0.469 e. The minimum Gasteiger partial charge on any atom is -0.469 e. The molecule has 0 aliphatic carbocycles. The van der Waals surface area contributed by atoms with Gasteiger partial charge in [0.05, 0.1) is 37.0 Å². The smallest absolute Gasteiger partial charge is 0.305 e. The number of aryl methyl sites for hydroxylation is 4. The summed E-state index contributed by atoms with van der Waals surface area (Å²) < 4.78 is 9.75. The van der Waals surface area contributed by atoms with Crippen LogP contribution in [0, 0.1) is 13.8 Å². The van der Waals surface area contributed by atoms with Gasteiger partial charge in [0.2, 0.25) is 0 Å². The second-order valence-electron chi connectivity index (χ2n) is 12.9. The van der Waals surface area contributed by atoms with Crippen LogP contribution in [0.3, 0.4) is 0 Å². The molecule has 0 saturated carbocycles. The van der Waals surface area contributed by atoms with Crippen LogP contribution in [0.2, 0.25) is 0 Å². The number of nitrogens with zero attached hydrogens (tertiary/aromatic N) is 2. The fraction of sp³-hybridized carbons (Fsp3) is 0.450. The molecule has 3 aromatic heterocycles. The quantitative estimate of drug-likeness (QED) is 0.149. The predicted molar refractivity (Wildman–Crippen MR) is 195 cm³/mol. The van der Waals surface area contributed by atoms with Crippen molar-refractivity contribution in [1.29, 1.82) is 0 Å². The first kappa shape index (κ1) is 34.9. The number of methoxy groups -OCH3 is 2. The van der Waals surface area contributed by atoms with Gasteiger partial charge in [0.15, 0.2) is 0 Å². The van der Waals surface area contributed by atoms with E-state index in [2.05, 4.69) is 75.8 Å². The molecule has 0 spiro atoms. The Bertz CT molecular complexity index is 1960. The van der Waals surface area contributed by atoms with Gasteiger partial charge >= 0.3 is 11.9 Å². The molecule has 0 unspecified atom stereocenters. The maximum Gasteiger partial charge on any atom is 0.305 e. The summed E-state index contributed by atoms with van der Waals surface area (Å²) in [7, 11) is 2.88. The van der Waals surface area contributed by atoms with E-state index in [1.807, 2.05) is 0 Å². The minimum absolute atomic E-state index is 0.175. The Morgan fingerprint density at radius 3 is 1.67 bits per heavy atom. The summed E-state index contributed by atoms with van der Waals surface area (Å²) in [6, 6.07) is 8.78. The van der Waals surface area contributed by atoms with Gasteiger partial charge in [0, 0.05) is 34.9 Å². The van der Waals surface area contributed by atoms with Crippen LogP contribution in [0.4, 0.5) is 0 Å². The monoisotopic (exact) mass is 650 g/mol. The zero-order valence-corrected chi connectivity index (χ0v) is 29.9. The van der Waals surface area contributed by atoms with Gasteiger partial charge < -0.3 is 19.4 Å². The zero-order valence-electron chi connectivity index (χ0n) is 29.9. The average molecular weight is 651 g/mol. The number of carbonyl (C=O) groups is 2. The standard InChI is InChI=1S/C40H50N4O4/c1-9-27-23(3)31-19-32-25(5)29(15-11-13-17-39(45)47-7)37(43-32)22-38-30(16-12-14-18-40(46)48-8)26(6)34(44-38)21-36-28(10-2)24(4)33(42-36)20-35(27)41-31/h19-22,42,44H,9-18H2,1-8H3. The summed E-state index contributed by atoms with van der Waals surface area (Å²) in [5, 5.41) is 0. The molecule has 0 atom stereocenters. The van der Waals surface area contributed by atoms with Crippen molar-refractivity contribution in [3.8, 4) is 0 Å². The van der Waals surface area contributed by atoms with Gasteiger partial charge in [-0.15, -0.1) is 0 Å². The molecular weight excluding hydrogens is 600 g/mol. The number of hydrogen-bond acceptors (Lipinski definition) is 6. The molecule has 254 valence electrons. The van der Waals surface area contributed by atoms with Crippen LogP contribution in [0.1, 0.15) is 124 Å². The number of esters is 2. The van der Waals surface area contributed by atoms with Crippen molar-refractivity contribution in [2.24, 2.45) is 0 Å². The highest BCUT2D eigenvalue weighted by molar-refractivity contribution is 5.95. The Labute approximate surface area is 284 Å². The summed E-state index contributed by atoms with van der Waals surface area (Å²) in [5.74, 6) is -0.356. The van der Waals surface area contributed by atoms with Crippen molar-refractivity contribution in [3.05, 3.63) is 69.3 Å². The maximum absolute atomic E-state index is 11.8. The van der Waals surface area contributed by atoms with Gasteiger partial charge in [-0.05, 0) is 148 Å². The number of rotatable bonds is 12. The Morgan fingerprint density at radius 2 is 1.08 bits per heavy atom. The lowest BCUT2D eigenvalue weighted by Gasteiger charge is -2.05. The molecule has 0 saturated heterocycles. The highest BCUT2D eigenvalue weighted by atomic mass is 16.5. The number of unbranched alkanes of at least 4 members (excludes halogenated alkanes) is 2. The van der Waals surface area contributed by atoms with E-state index < -0.39 is 0 Å². The minimum atomic E-state index is -0.180. The first-order valence-electron chi connectivity index (χ1n) is 17.4. The zero-order chi connectivity index (χ0) is 34.5. The van der Waals surface area contributed by atoms with Crippen LogP contribution < -0.4 is 0 Å². The van der Waals surface area contributed by atoms with E-state index >= 15 is 0 Å². The molecule has 2 N–H and O–H groups in total. The Balaban J connectivity index is 1.76. The highest BCUT2D eigenvalue weighted by Gasteiger charge is 2.21. The summed E-state index contributed by atoms with van der Waals surface area (Å²) in [4.78, 5) is 41.5. The molecule has 0 fully saturated rings. The van der Waals surface area contributed by atoms with E-state index in [0.717, 1.165) is 102 Å². The van der Waals surface area contributed by atoms with Crippen molar-refractivity contribution in [2.75, 3.05) is 14.2 Å². The Hall–Kier alpha value is -4.46. The van der Waals surface area contributed by atoms with Crippen LogP contribution in [-0.2, 0) is 31.9 Å². The van der Waals surface area contributed by atoms with Crippen LogP contribution in [-0.4, -0.2) is 46.1 Å². The van der Waals surface area contributed by atoms with Gasteiger partial charge in [0.25, 0.3) is 0 Å². The number of aromatic nitrogens is 4. The number of aromatic amines is 2. The highest BCUT2D eigenvalue weighted by Crippen LogP contribution is 2.37. The molecule has 48 heavy (non-hydrogen) atoms. The predicted octanol–water partition coefficient (Wildman–Crippen LogP) is 9.38. The fourth-order valence-corrected chi connectivity index (χ4v) is 7.10. The number of hydrogen-bond donors (Lipinski definition) is 2.